The molecule has 0 unspecified atom stereocenters. The molecule has 0 aliphatic rings. The number of benzene rings is 1. The number of hydrogen-bond acceptors (Lipinski definition) is 4. The van der Waals surface area contributed by atoms with Crippen molar-refractivity contribution in [2.24, 2.45) is 0 Å². The standard InChI is InChI=1S/C10H6ClNO3/c11-8-1-3-9(4-2-8)15-10(13)7-5-12-14-6-7/h1-6H. The number of hydrogen-bond donors (Lipinski definition) is 0. The average Bonchev–Trinajstić information content (AvgIpc) is 2.74. The Morgan fingerprint density at radius 1 is 1.33 bits per heavy atom. The Balaban J connectivity index is 2.09. The Morgan fingerprint density at radius 3 is 2.67 bits per heavy atom. The van der Waals surface area contributed by atoms with Gasteiger partial charge in [-0.2, -0.15) is 0 Å². The molecule has 15 heavy (non-hydrogen) atoms. The van der Waals surface area contributed by atoms with Gasteiger partial charge in [0.05, 0.1) is 6.20 Å². The summed E-state index contributed by atoms with van der Waals surface area (Å²) in [6, 6.07) is 6.48. The summed E-state index contributed by atoms with van der Waals surface area (Å²) < 4.78 is 9.54. The van der Waals surface area contributed by atoms with Crippen molar-refractivity contribution in [3.63, 3.8) is 0 Å². The van der Waals surface area contributed by atoms with Gasteiger partial charge in [0.1, 0.15) is 17.6 Å². The first-order valence-corrected chi connectivity index (χ1v) is 4.50. The van der Waals surface area contributed by atoms with E-state index in [1.807, 2.05) is 0 Å². The van der Waals surface area contributed by atoms with Crippen molar-refractivity contribution in [1.82, 2.24) is 5.16 Å². The number of rotatable bonds is 2. The van der Waals surface area contributed by atoms with E-state index in [-0.39, 0.29) is 5.56 Å². The minimum atomic E-state index is -0.515. The van der Waals surface area contributed by atoms with Crippen LogP contribution < -0.4 is 4.74 Å². The van der Waals surface area contributed by atoms with E-state index in [1.165, 1.54) is 12.5 Å². The van der Waals surface area contributed by atoms with Crippen LogP contribution in [0.1, 0.15) is 10.4 Å². The van der Waals surface area contributed by atoms with Crippen LogP contribution in [0.4, 0.5) is 0 Å². The van der Waals surface area contributed by atoms with Crippen LogP contribution in [0, 0.1) is 0 Å². The predicted octanol–water partition coefficient (Wildman–Crippen LogP) is 2.55. The van der Waals surface area contributed by atoms with E-state index in [4.69, 9.17) is 16.3 Å². The molecule has 0 aliphatic heterocycles. The molecule has 2 rings (SSSR count). The molecule has 1 aromatic heterocycles. The summed E-state index contributed by atoms with van der Waals surface area (Å²) in [7, 11) is 0. The van der Waals surface area contributed by atoms with Crippen LogP contribution in [-0.4, -0.2) is 11.1 Å². The second kappa shape index (κ2) is 4.14. The zero-order valence-corrected chi connectivity index (χ0v) is 8.27. The van der Waals surface area contributed by atoms with Crippen molar-refractivity contribution in [2.45, 2.75) is 0 Å². The maximum atomic E-state index is 11.4. The zero-order valence-electron chi connectivity index (χ0n) is 7.51. The Hall–Kier alpha value is -1.81. The molecule has 1 heterocycles. The van der Waals surface area contributed by atoms with Crippen molar-refractivity contribution in [1.29, 1.82) is 0 Å². The molecule has 5 heteroatoms. The number of carbonyl (C=O) groups excluding carboxylic acids is 1. The lowest BCUT2D eigenvalue weighted by molar-refractivity contribution is 0.0734. The largest absolute Gasteiger partial charge is 0.423 e. The fourth-order valence-corrected chi connectivity index (χ4v) is 1.10. The highest BCUT2D eigenvalue weighted by Crippen LogP contribution is 2.16. The number of nitrogens with zero attached hydrogens (tertiary/aromatic N) is 1. The molecule has 1 aromatic carbocycles. The lowest BCUT2D eigenvalue weighted by atomic mass is 10.3. The third-order valence-corrected chi connectivity index (χ3v) is 1.94. The van der Waals surface area contributed by atoms with Gasteiger partial charge in [-0.1, -0.05) is 16.8 Å². The van der Waals surface area contributed by atoms with E-state index in [9.17, 15) is 4.79 Å². The van der Waals surface area contributed by atoms with Crippen molar-refractivity contribution < 1.29 is 14.1 Å². The van der Waals surface area contributed by atoms with Gasteiger partial charge in [0.2, 0.25) is 0 Å². The van der Waals surface area contributed by atoms with Gasteiger partial charge >= 0.3 is 5.97 Å². The quantitative estimate of drug-likeness (QED) is 0.580. The van der Waals surface area contributed by atoms with E-state index < -0.39 is 5.97 Å². The molecule has 0 amide bonds. The first kappa shape index (κ1) is 9.73. The van der Waals surface area contributed by atoms with Crippen LogP contribution in [-0.2, 0) is 0 Å². The highest BCUT2D eigenvalue weighted by Gasteiger charge is 2.10. The summed E-state index contributed by atoms with van der Waals surface area (Å²) in [4.78, 5) is 11.4. The normalized spacial score (nSPS) is 9.93. The van der Waals surface area contributed by atoms with Gasteiger partial charge in [-0.3, -0.25) is 0 Å². The number of carbonyl (C=O) groups is 1. The zero-order chi connectivity index (χ0) is 10.7. The summed E-state index contributed by atoms with van der Waals surface area (Å²) in [6.07, 6.45) is 2.51. The van der Waals surface area contributed by atoms with Gasteiger partial charge in [-0.25, -0.2) is 4.79 Å². The number of halogens is 1. The Bertz CT molecular complexity index is 450. The third-order valence-electron chi connectivity index (χ3n) is 1.69. The SMILES string of the molecule is O=C(Oc1ccc(Cl)cc1)c1cnoc1. The molecule has 0 N–H and O–H groups in total. The highest BCUT2D eigenvalue weighted by atomic mass is 35.5. The summed E-state index contributed by atoms with van der Waals surface area (Å²) in [5.41, 5.74) is 0.268. The van der Waals surface area contributed by atoms with E-state index >= 15 is 0 Å². The maximum Gasteiger partial charge on any atom is 0.348 e. The lowest BCUT2D eigenvalue weighted by Crippen LogP contribution is -2.06. The molecule has 0 spiro atoms. The second-order valence-corrected chi connectivity index (χ2v) is 3.19. The van der Waals surface area contributed by atoms with E-state index in [0.29, 0.717) is 10.8 Å². The molecule has 0 aliphatic carbocycles. The lowest BCUT2D eigenvalue weighted by Gasteiger charge is -2.01. The van der Waals surface area contributed by atoms with E-state index in [2.05, 4.69) is 9.68 Å². The van der Waals surface area contributed by atoms with Gasteiger partial charge < -0.3 is 9.26 Å². The molecule has 76 valence electrons. The molecule has 2 aromatic rings. The van der Waals surface area contributed by atoms with Crippen molar-refractivity contribution in [2.75, 3.05) is 0 Å². The second-order valence-electron chi connectivity index (χ2n) is 2.76. The predicted molar refractivity (Wildman–Crippen MR) is 52.9 cm³/mol. The van der Waals surface area contributed by atoms with E-state index in [1.54, 1.807) is 24.3 Å². The van der Waals surface area contributed by atoms with Crippen molar-refractivity contribution >= 4 is 17.6 Å². The van der Waals surface area contributed by atoms with Crippen molar-refractivity contribution in [3.8, 4) is 5.75 Å². The smallest absolute Gasteiger partial charge is 0.348 e. The molecule has 4 nitrogen and oxygen atoms in total. The number of aromatic nitrogens is 1. The number of ether oxygens (including phenoxy) is 1. The van der Waals surface area contributed by atoms with Gasteiger partial charge in [-0.15, -0.1) is 0 Å². The Kier molecular flexibility index (Phi) is 2.69. The molecular weight excluding hydrogens is 218 g/mol. The summed E-state index contributed by atoms with van der Waals surface area (Å²) in [5, 5.41) is 3.99. The minimum absolute atomic E-state index is 0.268. The summed E-state index contributed by atoms with van der Waals surface area (Å²) >= 11 is 5.68. The molecule has 0 bridgehead atoms. The number of esters is 1. The van der Waals surface area contributed by atoms with Crippen molar-refractivity contribution in [3.05, 3.63) is 47.3 Å². The summed E-state index contributed by atoms with van der Waals surface area (Å²) in [5.74, 6) is -0.0934. The molecule has 0 radical (unpaired) electrons. The monoisotopic (exact) mass is 223 g/mol. The van der Waals surface area contributed by atoms with Crippen LogP contribution in [0.25, 0.3) is 0 Å². The fourth-order valence-electron chi connectivity index (χ4n) is 0.974. The van der Waals surface area contributed by atoms with Gasteiger partial charge in [-0.05, 0) is 24.3 Å². The van der Waals surface area contributed by atoms with Crippen LogP contribution in [0.15, 0.2) is 41.2 Å². The highest BCUT2D eigenvalue weighted by molar-refractivity contribution is 6.30. The fraction of sp³-hybridized carbons (Fsp3) is 0. The minimum Gasteiger partial charge on any atom is -0.423 e. The van der Waals surface area contributed by atoms with Gasteiger partial charge in [0.15, 0.2) is 0 Å². The molecule has 0 fully saturated rings. The Labute approximate surface area is 90.4 Å². The van der Waals surface area contributed by atoms with Crippen LogP contribution >= 0.6 is 11.6 Å². The van der Waals surface area contributed by atoms with Gasteiger partial charge in [0.25, 0.3) is 0 Å². The maximum absolute atomic E-state index is 11.4. The molecule has 0 saturated heterocycles. The Morgan fingerprint density at radius 2 is 2.07 bits per heavy atom. The third kappa shape index (κ3) is 2.35. The van der Waals surface area contributed by atoms with E-state index in [0.717, 1.165) is 0 Å². The molecule has 0 atom stereocenters. The van der Waals surface area contributed by atoms with Crippen LogP contribution in [0.2, 0.25) is 5.02 Å². The van der Waals surface area contributed by atoms with Gasteiger partial charge in [0, 0.05) is 5.02 Å². The van der Waals surface area contributed by atoms with Crippen LogP contribution in [0.3, 0.4) is 0 Å². The van der Waals surface area contributed by atoms with Crippen LogP contribution in [0.5, 0.6) is 5.75 Å². The first-order valence-electron chi connectivity index (χ1n) is 4.13. The topological polar surface area (TPSA) is 52.3 Å². The first-order chi connectivity index (χ1) is 7.25. The molecule has 0 saturated carbocycles. The summed E-state index contributed by atoms with van der Waals surface area (Å²) in [6.45, 7) is 0. The average molecular weight is 224 g/mol. The molecular formula is C10H6ClNO3.